The van der Waals surface area contributed by atoms with Crippen LogP contribution in [0.3, 0.4) is 0 Å². The third-order valence-corrected chi connectivity index (χ3v) is 8.75. The number of amides is 2. The van der Waals surface area contributed by atoms with Crippen molar-refractivity contribution in [2.24, 2.45) is 0 Å². The van der Waals surface area contributed by atoms with E-state index in [-0.39, 0.29) is 25.0 Å². The van der Waals surface area contributed by atoms with Crippen molar-refractivity contribution >= 4 is 23.2 Å². The number of alkyl halides is 3. The van der Waals surface area contributed by atoms with Gasteiger partial charge in [0.15, 0.2) is 0 Å². The summed E-state index contributed by atoms with van der Waals surface area (Å²) in [4.78, 5) is 30.0. The number of carbonyl (C=O) groups is 2. The van der Waals surface area contributed by atoms with Crippen molar-refractivity contribution < 1.29 is 27.9 Å². The highest BCUT2D eigenvalue weighted by molar-refractivity contribution is 7.10. The summed E-state index contributed by atoms with van der Waals surface area (Å²) in [7, 11) is 0. The predicted octanol–water partition coefficient (Wildman–Crippen LogP) is 6.24. The molecule has 44 heavy (non-hydrogen) atoms. The molecule has 0 bridgehead atoms. The van der Waals surface area contributed by atoms with Gasteiger partial charge in [-0.15, -0.1) is 11.3 Å². The summed E-state index contributed by atoms with van der Waals surface area (Å²) in [6.45, 7) is 0.794. The Morgan fingerprint density at radius 1 is 0.932 bits per heavy atom. The maximum atomic E-state index is 13.5. The van der Waals surface area contributed by atoms with E-state index in [1.54, 1.807) is 41.7 Å². The lowest BCUT2D eigenvalue weighted by Gasteiger charge is -2.26. The molecule has 1 aliphatic heterocycles. The minimum absolute atomic E-state index is 0.0221. The van der Waals surface area contributed by atoms with Gasteiger partial charge in [0.25, 0.3) is 11.8 Å². The molecule has 0 radical (unpaired) electrons. The van der Waals surface area contributed by atoms with Crippen molar-refractivity contribution in [3.05, 3.63) is 129 Å². The number of carbonyl (C=O) groups excluding carboxylic acids is 2. The van der Waals surface area contributed by atoms with E-state index in [0.29, 0.717) is 29.7 Å². The van der Waals surface area contributed by atoms with Crippen LogP contribution in [0.1, 0.15) is 61.2 Å². The van der Waals surface area contributed by atoms with E-state index in [9.17, 15) is 27.9 Å². The van der Waals surface area contributed by atoms with Crippen LogP contribution in [0.15, 0.2) is 96.4 Å². The first-order chi connectivity index (χ1) is 21.2. The van der Waals surface area contributed by atoms with Gasteiger partial charge in [-0.1, -0.05) is 60.7 Å². The number of thiophene rings is 1. The van der Waals surface area contributed by atoms with Crippen LogP contribution < -0.4 is 10.6 Å². The van der Waals surface area contributed by atoms with Crippen LogP contribution in [0.5, 0.6) is 0 Å². The van der Waals surface area contributed by atoms with E-state index < -0.39 is 29.8 Å². The van der Waals surface area contributed by atoms with Gasteiger partial charge in [0, 0.05) is 35.6 Å². The normalized spacial score (nSPS) is 16.5. The molecule has 1 aromatic heterocycles. The van der Waals surface area contributed by atoms with E-state index in [1.165, 1.54) is 6.07 Å². The third kappa shape index (κ3) is 7.93. The Kier molecular flexibility index (Phi) is 10.1. The van der Waals surface area contributed by atoms with Crippen LogP contribution >= 0.6 is 11.3 Å². The zero-order valence-corrected chi connectivity index (χ0v) is 24.8. The molecule has 1 unspecified atom stereocenters. The number of likely N-dealkylation sites (tertiary alicyclic amines) is 1. The maximum absolute atomic E-state index is 13.5. The first kappa shape index (κ1) is 31.4. The number of rotatable bonds is 11. The fraction of sp³-hybridized carbons (Fsp3) is 0.294. The number of nitrogens with one attached hydrogen (secondary N) is 2. The molecule has 0 spiro atoms. The average molecular weight is 622 g/mol. The van der Waals surface area contributed by atoms with Crippen molar-refractivity contribution in [3.8, 4) is 0 Å². The van der Waals surface area contributed by atoms with Crippen LogP contribution in [0, 0.1) is 0 Å². The molecule has 1 saturated heterocycles. The molecule has 4 aromatic rings. The van der Waals surface area contributed by atoms with E-state index in [1.807, 2.05) is 52.7 Å². The largest absolute Gasteiger partial charge is 0.416 e. The monoisotopic (exact) mass is 621 g/mol. The molecular formula is C34H34F3N3O3S. The second-order valence-corrected chi connectivity index (χ2v) is 11.9. The quantitative estimate of drug-likeness (QED) is 0.185. The summed E-state index contributed by atoms with van der Waals surface area (Å²) >= 11 is 1.63. The third-order valence-electron chi connectivity index (χ3n) is 7.77. The fourth-order valence-corrected chi connectivity index (χ4v) is 6.39. The molecule has 3 N–H and O–H groups in total. The molecule has 2 amide bonds. The summed E-state index contributed by atoms with van der Waals surface area (Å²) in [5.74, 6) is -0.566. The number of hydrogen-bond donors (Lipinski definition) is 3. The standard InChI is InChI=1S/C34H34F3N3O3S/c35-34(36,37)27-13-4-10-24(18-27)21-38-22-30(41)28(19-23-8-2-1-3-9-23)39-32(42)25-11-5-12-26(20-25)33(43)40-16-6-14-29(40)31-15-7-17-44-31/h1-5,7-13,15,17-18,20,28-30,38,41H,6,14,16,19,21-22H2,(H,39,42)/t28-,29?,30-/m0/s1. The minimum Gasteiger partial charge on any atom is -0.390 e. The van der Waals surface area contributed by atoms with Gasteiger partial charge in [0.05, 0.1) is 23.8 Å². The molecule has 0 aliphatic carbocycles. The van der Waals surface area contributed by atoms with Crippen molar-refractivity contribution in [2.45, 2.75) is 50.2 Å². The zero-order valence-electron chi connectivity index (χ0n) is 24.0. The molecular weight excluding hydrogens is 587 g/mol. The Bertz CT molecular complexity index is 1550. The smallest absolute Gasteiger partial charge is 0.390 e. The molecule has 2 heterocycles. The van der Waals surface area contributed by atoms with Gasteiger partial charge in [0.1, 0.15) is 0 Å². The first-order valence-corrected chi connectivity index (χ1v) is 15.4. The number of aliphatic hydroxyl groups is 1. The molecule has 3 atom stereocenters. The maximum Gasteiger partial charge on any atom is 0.416 e. The lowest BCUT2D eigenvalue weighted by atomic mass is 10.00. The Balaban J connectivity index is 1.26. The lowest BCUT2D eigenvalue weighted by molar-refractivity contribution is -0.137. The van der Waals surface area contributed by atoms with E-state index in [4.69, 9.17) is 0 Å². The Hall–Kier alpha value is -3.99. The summed E-state index contributed by atoms with van der Waals surface area (Å²) in [6.07, 6.45) is -3.36. The summed E-state index contributed by atoms with van der Waals surface area (Å²) < 4.78 is 39.3. The second-order valence-electron chi connectivity index (χ2n) is 10.9. The summed E-state index contributed by atoms with van der Waals surface area (Å²) in [5.41, 5.74) is 1.30. The molecule has 1 aliphatic rings. The van der Waals surface area contributed by atoms with Crippen LogP contribution in [0.4, 0.5) is 13.2 Å². The Morgan fingerprint density at radius 2 is 1.68 bits per heavy atom. The van der Waals surface area contributed by atoms with E-state index >= 15 is 0 Å². The van der Waals surface area contributed by atoms with Gasteiger partial charge < -0.3 is 20.6 Å². The van der Waals surface area contributed by atoms with Crippen molar-refractivity contribution in [1.82, 2.24) is 15.5 Å². The van der Waals surface area contributed by atoms with Crippen LogP contribution in [-0.4, -0.2) is 47.1 Å². The first-order valence-electron chi connectivity index (χ1n) is 14.5. The van der Waals surface area contributed by atoms with Crippen LogP contribution in [0.25, 0.3) is 0 Å². The molecule has 3 aromatic carbocycles. The van der Waals surface area contributed by atoms with E-state index in [0.717, 1.165) is 35.4 Å². The van der Waals surface area contributed by atoms with Crippen LogP contribution in [0.2, 0.25) is 0 Å². The highest BCUT2D eigenvalue weighted by Gasteiger charge is 2.32. The summed E-state index contributed by atoms with van der Waals surface area (Å²) in [6, 6.07) is 24.3. The number of benzene rings is 3. The topological polar surface area (TPSA) is 81.7 Å². The lowest BCUT2D eigenvalue weighted by Crippen LogP contribution is -2.48. The van der Waals surface area contributed by atoms with Crippen molar-refractivity contribution in [1.29, 1.82) is 0 Å². The van der Waals surface area contributed by atoms with Gasteiger partial charge in [-0.25, -0.2) is 0 Å². The van der Waals surface area contributed by atoms with Gasteiger partial charge in [0.2, 0.25) is 0 Å². The molecule has 5 rings (SSSR count). The van der Waals surface area contributed by atoms with E-state index in [2.05, 4.69) is 10.6 Å². The van der Waals surface area contributed by atoms with Crippen molar-refractivity contribution in [2.75, 3.05) is 13.1 Å². The molecule has 10 heteroatoms. The Labute approximate surface area is 258 Å². The number of nitrogens with zero attached hydrogens (tertiary/aromatic N) is 1. The average Bonchev–Trinajstić information content (AvgIpc) is 3.73. The Morgan fingerprint density at radius 3 is 2.43 bits per heavy atom. The van der Waals surface area contributed by atoms with Gasteiger partial charge in [-0.2, -0.15) is 13.2 Å². The van der Waals surface area contributed by atoms with Gasteiger partial charge >= 0.3 is 6.18 Å². The molecule has 6 nitrogen and oxygen atoms in total. The van der Waals surface area contributed by atoms with Crippen LogP contribution in [-0.2, 0) is 19.1 Å². The van der Waals surface area contributed by atoms with Gasteiger partial charge in [-0.3, -0.25) is 9.59 Å². The number of halogens is 3. The second kappa shape index (κ2) is 14.2. The highest BCUT2D eigenvalue weighted by atomic mass is 32.1. The zero-order chi connectivity index (χ0) is 31.1. The highest BCUT2D eigenvalue weighted by Crippen LogP contribution is 2.35. The predicted molar refractivity (Wildman–Crippen MR) is 164 cm³/mol. The minimum atomic E-state index is -4.44. The number of aliphatic hydroxyl groups excluding tert-OH is 1. The SMILES string of the molecule is O=C(N[C@@H](Cc1ccccc1)[C@@H](O)CNCc1cccc(C(F)(F)F)c1)c1cccc(C(=O)N2CCCC2c2cccs2)c1. The number of hydrogen-bond acceptors (Lipinski definition) is 5. The fourth-order valence-electron chi connectivity index (χ4n) is 5.51. The molecule has 230 valence electrons. The molecule has 1 fully saturated rings. The molecule has 0 saturated carbocycles. The van der Waals surface area contributed by atoms with Crippen molar-refractivity contribution in [3.63, 3.8) is 0 Å². The van der Waals surface area contributed by atoms with Gasteiger partial charge in [-0.05, 0) is 66.1 Å². The summed E-state index contributed by atoms with van der Waals surface area (Å²) in [5, 5.41) is 19.1.